The van der Waals surface area contributed by atoms with E-state index in [0.29, 0.717) is 0 Å². The standard InChI is InChI=1S/C19H31N3/c1-21-12-14-22(15-13-21)11-8-17-4-6-18(7-5-17)19(16-20)9-2-3-10-19/h4-7H,2-3,8-16,20H2,1H3. The van der Waals surface area contributed by atoms with Crippen LogP contribution in [0.15, 0.2) is 24.3 Å². The second-order valence-corrected chi connectivity index (χ2v) is 7.28. The Kier molecular flexibility index (Phi) is 5.17. The van der Waals surface area contributed by atoms with Gasteiger partial charge < -0.3 is 15.5 Å². The molecule has 2 aliphatic rings. The lowest BCUT2D eigenvalue weighted by Crippen LogP contribution is -2.45. The molecule has 0 unspecified atom stereocenters. The minimum atomic E-state index is 0.274. The Morgan fingerprint density at radius 1 is 1.00 bits per heavy atom. The molecule has 3 nitrogen and oxygen atoms in total. The first-order valence-electron chi connectivity index (χ1n) is 8.92. The smallest absolute Gasteiger partial charge is 0.0110 e. The summed E-state index contributed by atoms with van der Waals surface area (Å²) < 4.78 is 0. The summed E-state index contributed by atoms with van der Waals surface area (Å²) >= 11 is 0. The van der Waals surface area contributed by atoms with Gasteiger partial charge in [-0.2, -0.15) is 0 Å². The van der Waals surface area contributed by atoms with Crippen molar-refractivity contribution in [2.75, 3.05) is 46.3 Å². The predicted octanol–water partition coefficient (Wildman–Crippen LogP) is 2.25. The van der Waals surface area contributed by atoms with Crippen LogP contribution in [0.4, 0.5) is 0 Å². The number of piperazine rings is 1. The SMILES string of the molecule is CN1CCN(CCc2ccc(C3(CN)CCCC3)cc2)CC1. The van der Waals surface area contributed by atoms with E-state index in [1.165, 1.54) is 76.0 Å². The number of benzene rings is 1. The molecule has 0 amide bonds. The van der Waals surface area contributed by atoms with Crippen LogP contribution in [-0.2, 0) is 11.8 Å². The van der Waals surface area contributed by atoms with E-state index in [1.54, 1.807) is 0 Å². The summed E-state index contributed by atoms with van der Waals surface area (Å²) in [4.78, 5) is 5.01. The number of likely N-dealkylation sites (N-methyl/N-ethyl adjacent to an activating group) is 1. The molecule has 22 heavy (non-hydrogen) atoms. The van der Waals surface area contributed by atoms with Gasteiger partial charge in [-0.1, -0.05) is 37.1 Å². The van der Waals surface area contributed by atoms with Crippen LogP contribution in [0, 0.1) is 0 Å². The third-order valence-corrected chi connectivity index (χ3v) is 5.83. The lowest BCUT2D eigenvalue weighted by Gasteiger charge is -2.32. The fourth-order valence-corrected chi connectivity index (χ4v) is 4.05. The molecule has 122 valence electrons. The summed E-state index contributed by atoms with van der Waals surface area (Å²) in [6.07, 6.45) is 6.37. The minimum Gasteiger partial charge on any atom is -0.330 e. The van der Waals surface area contributed by atoms with Crippen molar-refractivity contribution in [1.82, 2.24) is 9.80 Å². The largest absolute Gasteiger partial charge is 0.330 e. The van der Waals surface area contributed by atoms with Crippen molar-refractivity contribution in [3.63, 3.8) is 0 Å². The number of rotatable bonds is 5. The highest BCUT2D eigenvalue weighted by atomic mass is 15.2. The summed E-state index contributed by atoms with van der Waals surface area (Å²) in [6.45, 7) is 6.83. The zero-order valence-electron chi connectivity index (χ0n) is 14.1. The van der Waals surface area contributed by atoms with Gasteiger partial charge in [-0.15, -0.1) is 0 Å². The lowest BCUT2D eigenvalue weighted by molar-refractivity contribution is 0.155. The maximum atomic E-state index is 6.10. The molecule has 1 aromatic rings. The Bertz CT molecular complexity index is 454. The maximum Gasteiger partial charge on any atom is 0.0110 e. The maximum absolute atomic E-state index is 6.10. The minimum absolute atomic E-state index is 0.274. The predicted molar refractivity (Wildman–Crippen MR) is 93.3 cm³/mol. The zero-order chi connectivity index (χ0) is 15.4. The quantitative estimate of drug-likeness (QED) is 0.905. The highest BCUT2D eigenvalue weighted by Gasteiger charge is 2.33. The molecule has 0 spiro atoms. The Hall–Kier alpha value is -0.900. The van der Waals surface area contributed by atoms with Crippen LogP contribution in [0.25, 0.3) is 0 Å². The summed E-state index contributed by atoms with van der Waals surface area (Å²) in [5, 5.41) is 0. The molecule has 1 aliphatic carbocycles. The molecule has 1 saturated heterocycles. The van der Waals surface area contributed by atoms with Gasteiger partial charge >= 0.3 is 0 Å². The van der Waals surface area contributed by atoms with Crippen molar-refractivity contribution in [2.24, 2.45) is 5.73 Å². The summed E-state index contributed by atoms with van der Waals surface area (Å²) in [6, 6.07) is 9.36. The lowest BCUT2D eigenvalue weighted by atomic mass is 9.79. The first kappa shape index (κ1) is 16.0. The third-order valence-electron chi connectivity index (χ3n) is 5.83. The van der Waals surface area contributed by atoms with Gasteiger partial charge in [-0.05, 0) is 37.4 Å². The molecule has 2 N–H and O–H groups in total. The van der Waals surface area contributed by atoms with E-state index in [0.717, 1.165) is 6.54 Å². The first-order valence-corrected chi connectivity index (χ1v) is 8.92. The average molecular weight is 301 g/mol. The Labute approximate surface area is 135 Å². The average Bonchev–Trinajstić information content (AvgIpc) is 3.05. The molecule has 2 fully saturated rings. The van der Waals surface area contributed by atoms with E-state index in [9.17, 15) is 0 Å². The topological polar surface area (TPSA) is 32.5 Å². The highest BCUT2D eigenvalue weighted by Crippen LogP contribution is 2.40. The van der Waals surface area contributed by atoms with Crippen LogP contribution >= 0.6 is 0 Å². The van der Waals surface area contributed by atoms with E-state index in [-0.39, 0.29) is 5.41 Å². The van der Waals surface area contributed by atoms with Gasteiger partial charge in [0.2, 0.25) is 0 Å². The van der Waals surface area contributed by atoms with Crippen molar-refractivity contribution in [2.45, 2.75) is 37.5 Å². The van der Waals surface area contributed by atoms with Gasteiger partial charge in [0.05, 0.1) is 0 Å². The normalized spacial score (nSPS) is 23.0. The molecule has 0 atom stereocenters. The Balaban J connectivity index is 1.55. The van der Waals surface area contributed by atoms with Gasteiger partial charge in [0.1, 0.15) is 0 Å². The molecule has 0 radical (unpaired) electrons. The van der Waals surface area contributed by atoms with Crippen LogP contribution in [0.5, 0.6) is 0 Å². The van der Waals surface area contributed by atoms with Gasteiger partial charge in [-0.3, -0.25) is 0 Å². The van der Waals surface area contributed by atoms with E-state index in [2.05, 4.69) is 41.1 Å². The number of hydrogen-bond acceptors (Lipinski definition) is 3. The molecule has 3 heteroatoms. The monoisotopic (exact) mass is 301 g/mol. The summed E-state index contributed by atoms with van der Waals surface area (Å²) in [7, 11) is 2.21. The van der Waals surface area contributed by atoms with E-state index in [1.807, 2.05) is 0 Å². The summed E-state index contributed by atoms with van der Waals surface area (Å²) in [5.41, 5.74) is 9.30. The number of nitrogens with two attached hydrogens (primary N) is 1. The second kappa shape index (κ2) is 7.12. The number of nitrogens with zero attached hydrogens (tertiary/aromatic N) is 2. The van der Waals surface area contributed by atoms with Crippen LogP contribution in [0.2, 0.25) is 0 Å². The fourth-order valence-electron chi connectivity index (χ4n) is 4.05. The molecule has 3 rings (SSSR count). The van der Waals surface area contributed by atoms with Gasteiger partial charge in [0.25, 0.3) is 0 Å². The molecule has 1 saturated carbocycles. The second-order valence-electron chi connectivity index (χ2n) is 7.28. The van der Waals surface area contributed by atoms with Crippen LogP contribution in [-0.4, -0.2) is 56.1 Å². The van der Waals surface area contributed by atoms with Crippen LogP contribution in [0.1, 0.15) is 36.8 Å². The zero-order valence-corrected chi connectivity index (χ0v) is 14.1. The van der Waals surface area contributed by atoms with Crippen LogP contribution < -0.4 is 5.73 Å². The fraction of sp³-hybridized carbons (Fsp3) is 0.684. The van der Waals surface area contributed by atoms with Gasteiger partial charge in [0, 0.05) is 44.7 Å². The molecule has 1 aliphatic heterocycles. The highest BCUT2D eigenvalue weighted by molar-refractivity contribution is 5.31. The Morgan fingerprint density at radius 3 is 2.23 bits per heavy atom. The molecule has 1 aromatic carbocycles. The van der Waals surface area contributed by atoms with E-state index >= 15 is 0 Å². The van der Waals surface area contributed by atoms with E-state index in [4.69, 9.17) is 5.73 Å². The van der Waals surface area contributed by atoms with Crippen molar-refractivity contribution in [1.29, 1.82) is 0 Å². The summed E-state index contributed by atoms with van der Waals surface area (Å²) in [5.74, 6) is 0. The first-order chi connectivity index (χ1) is 10.7. The van der Waals surface area contributed by atoms with Crippen LogP contribution in [0.3, 0.4) is 0 Å². The van der Waals surface area contributed by atoms with Gasteiger partial charge in [0.15, 0.2) is 0 Å². The molecular formula is C19H31N3. The molecule has 1 heterocycles. The van der Waals surface area contributed by atoms with E-state index < -0.39 is 0 Å². The molecule has 0 aromatic heterocycles. The van der Waals surface area contributed by atoms with Crippen molar-refractivity contribution in [3.8, 4) is 0 Å². The molecular weight excluding hydrogens is 270 g/mol. The van der Waals surface area contributed by atoms with Crippen molar-refractivity contribution >= 4 is 0 Å². The van der Waals surface area contributed by atoms with Crippen molar-refractivity contribution < 1.29 is 0 Å². The third kappa shape index (κ3) is 3.53. The Morgan fingerprint density at radius 2 is 1.64 bits per heavy atom. The van der Waals surface area contributed by atoms with Crippen molar-refractivity contribution in [3.05, 3.63) is 35.4 Å². The van der Waals surface area contributed by atoms with Gasteiger partial charge in [-0.25, -0.2) is 0 Å². The number of hydrogen-bond donors (Lipinski definition) is 1. The molecule has 0 bridgehead atoms.